The van der Waals surface area contributed by atoms with Gasteiger partial charge in [0.1, 0.15) is 0 Å². The summed E-state index contributed by atoms with van der Waals surface area (Å²) in [5, 5.41) is 0.412. The highest BCUT2D eigenvalue weighted by Gasteiger charge is 2.35. The fourth-order valence-electron chi connectivity index (χ4n) is 2.95. The van der Waals surface area contributed by atoms with E-state index in [0.29, 0.717) is 35.6 Å². The van der Waals surface area contributed by atoms with Crippen LogP contribution in [0.15, 0.2) is 29.7 Å². The Morgan fingerprint density at radius 3 is 1.78 bits per heavy atom. The molecule has 1 aliphatic rings. The Balaban J connectivity index is 2.21. The van der Waals surface area contributed by atoms with Gasteiger partial charge >= 0.3 is 0 Å². The maximum absolute atomic E-state index is 12.9. The van der Waals surface area contributed by atoms with Crippen LogP contribution in [0.5, 0.6) is 0 Å². The molecule has 0 spiro atoms. The second kappa shape index (κ2) is 9.93. The average Bonchev–Trinajstić information content (AvgIpc) is 2.60. The lowest BCUT2D eigenvalue weighted by Crippen LogP contribution is -2.25. The van der Waals surface area contributed by atoms with E-state index in [0.717, 1.165) is 25.7 Å². The van der Waals surface area contributed by atoms with Crippen LogP contribution in [-0.2, 0) is 9.47 Å². The van der Waals surface area contributed by atoms with Gasteiger partial charge in [-0.25, -0.2) is 0 Å². The van der Waals surface area contributed by atoms with Gasteiger partial charge in [0, 0.05) is 16.1 Å². The van der Waals surface area contributed by atoms with E-state index in [1.807, 2.05) is 0 Å². The first kappa shape index (κ1) is 21.5. The summed E-state index contributed by atoms with van der Waals surface area (Å²) in [5.41, 5.74) is 0.596. The third kappa shape index (κ3) is 5.83. The van der Waals surface area contributed by atoms with E-state index in [-0.39, 0.29) is 28.6 Å². The summed E-state index contributed by atoms with van der Waals surface area (Å²) in [6.07, 6.45) is 3.61. The van der Waals surface area contributed by atoms with Gasteiger partial charge in [0.15, 0.2) is 0 Å². The highest BCUT2D eigenvalue weighted by Crippen LogP contribution is 2.30. The predicted octanol–water partition coefficient (Wildman–Crippen LogP) is 5.84. The minimum Gasteiger partial charge on any atom is -0.486 e. The summed E-state index contributed by atoms with van der Waals surface area (Å²) in [6.45, 7) is 9.30. The molecule has 0 radical (unpaired) electrons. The molecular weight excluding hydrogens is 364 g/mol. The number of allylic oxidation sites excluding steroid dienone is 2. The van der Waals surface area contributed by atoms with E-state index < -0.39 is 0 Å². The summed E-state index contributed by atoms with van der Waals surface area (Å²) in [4.78, 5) is 25.8. The summed E-state index contributed by atoms with van der Waals surface area (Å²) >= 11 is 6.02. The lowest BCUT2D eigenvalue weighted by atomic mass is 9.92. The van der Waals surface area contributed by atoms with Crippen LogP contribution in [0.3, 0.4) is 0 Å². The highest BCUT2D eigenvalue weighted by atomic mass is 35.5. The van der Waals surface area contributed by atoms with Gasteiger partial charge in [-0.15, -0.1) is 0 Å². The largest absolute Gasteiger partial charge is 0.486 e. The van der Waals surface area contributed by atoms with Crippen LogP contribution < -0.4 is 0 Å². The van der Waals surface area contributed by atoms with E-state index >= 15 is 0 Å². The Morgan fingerprint density at radius 1 is 0.815 bits per heavy atom. The van der Waals surface area contributed by atoms with Crippen LogP contribution in [0.2, 0.25) is 5.02 Å². The number of fused-ring (bicyclic) bond motifs is 1. The Kier molecular flexibility index (Phi) is 7.91. The molecule has 0 heterocycles. The van der Waals surface area contributed by atoms with Crippen molar-refractivity contribution < 1.29 is 19.1 Å². The molecule has 0 aliphatic heterocycles. The Labute approximate surface area is 166 Å². The predicted molar refractivity (Wildman–Crippen MR) is 107 cm³/mol. The molecule has 0 bridgehead atoms. The Hall–Kier alpha value is -1.81. The molecule has 148 valence electrons. The third-order valence-electron chi connectivity index (χ3n) is 4.43. The molecule has 1 aromatic rings. The zero-order valence-corrected chi connectivity index (χ0v) is 17.4. The topological polar surface area (TPSA) is 52.6 Å². The van der Waals surface area contributed by atoms with Crippen molar-refractivity contribution in [3.05, 3.63) is 45.9 Å². The maximum Gasteiger partial charge on any atom is 0.232 e. The number of hydrogen-bond donors (Lipinski definition) is 0. The first-order chi connectivity index (χ1) is 12.8. The average molecular weight is 393 g/mol. The fraction of sp³-hybridized carbons (Fsp3) is 0.545. The molecule has 1 aliphatic carbocycles. The summed E-state index contributed by atoms with van der Waals surface area (Å²) in [5.74, 6) is 0.504. The smallest absolute Gasteiger partial charge is 0.232 e. The first-order valence-electron chi connectivity index (χ1n) is 9.70. The second-order valence-electron chi connectivity index (χ2n) is 7.78. The van der Waals surface area contributed by atoms with E-state index in [1.165, 1.54) is 6.07 Å². The summed E-state index contributed by atoms with van der Waals surface area (Å²) in [7, 11) is 0. The molecule has 2 rings (SSSR count). The zero-order valence-electron chi connectivity index (χ0n) is 16.6. The van der Waals surface area contributed by atoms with Crippen LogP contribution in [-0.4, -0.2) is 24.8 Å². The fourth-order valence-corrected chi connectivity index (χ4v) is 3.12. The van der Waals surface area contributed by atoms with Crippen molar-refractivity contribution in [2.24, 2.45) is 11.8 Å². The first-order valence-corrected chi connectivity index (χ1v) is 10.1. The Morgan fingerprint density at radius 2 is 1.30 bits per heavy atom. The van der Waals surface area contributed by atoms with Crippen LogP contribution in [0.1, 0.15) is 74.1 Å². The van der Waals surface area contributed by atoms with Gasteiger partial charge in [-0.05, 0) is 55.7 Å². The van der Waals surface area contributed by atoms with Crippen molar-refractivity contribution in [2.45, 2.75) is 53.4 Å². The summed E-state index contributed by atoms with van der Waals surface area (Å²) < 4.78 is 11.5. The quantitative estimate of drug-likeness (QED) is 0.469. The van der Waals surface area contributed by atoms with Gasteiger partial charge in [-0.1, -0.05) is 39.3 Å². The van der Waals surface area contributed by atoms with E-state index in [4.69, 9.17) is 21.1 Å². The van der Waals surface area contributed by atoms with E-state index in [1.54, 1.807) is 12.1 Å². The van der Waals surface area contributed by atoms with Crippen molar-refractivity contribution >= 4 is 23.2 Å². The minimum absolute atomic E-state index is 0.0167. The van der Waals surface area contributed by atoms with Crippen molar-refractivity contribution in [3.8, 4) is 0 Å². The molecule has 1 aromatic carbocycles. The number of carbonyl (C=O) groups is 2. The number of ether oxygens (including phenoxy) is 2. The minimum atomic E-state index is -0.337. The van der Waals surface area contributed by atoms with Gasteiger partial charge in [0.2, 0.25) is 23.1 Å². The van der Waals surface area contributed by atoms with E-state index in [9.17, 15) is 9.59 Å². The van der Waals surface area contributed by atoms with Gasteiger partial charge in [0.25, 0.3) is 0 Å². The van der Waals surface area contributed by atoms with Crippen molar-refractivity contribution in [1.82, 2.24) is 0 Å². The van der Waals surface area contributed by atoms with Gasteiger partial charge in [0.05, 0.1) is 13.2 Å². The van der Waals surface area contributed by atoms with Crippen LogP contribution in [0, 0.1) is 11.8 Å². The summed E-state index contributed by atoms with van der Waals surface area (Å²) in [6, 6.07) is 4.70. The number of hydrogen-bond acceptors (Lipinski definition) is 4. The molecule has 0 atom stereocenters. The third-order valence-corrected chi connectivity index (χ3v) is 4.67. The van der Waals surface area contributed by atoms with Crippen molar-refractivity contribution in [3.63, 3.8) is 0 Å². The monoisotopic (exact) mass is 392 g/mol. The standard InChI is InChI=1S/C22H29ClO4/c1-14(2)7-5-11-26-21-19(24)17-10-9-16(23)13-18(17)20(25)22(21)27-12-6-8-15(3)4/h9-10,13-15H,5-8,11-12H2,1-4H3. The molecule has 0 aromatic heterocycles. The van der Waals surface area contributed by atoms with Gasteiger partial charge < -0.3 is 9.47 Å². The van der Waals surface area contributed by atoms with Crippen LogP contribution >= 0.6 is 11.6 Å². The lowest BCUT2D eigenvalue weighted by molar-refractivity contribution is 0.0741. The van der Waals surface area contributed by atoms with E-state index in [2.05, 4.69) is 27.7 Å². The van der Waals surface area contributed by atoms with Crippen LogP contribution in [0.25, 0.3) is 0 Å². The molecule has 0 fully saturated rings. The molecule has 0 amide bonds. The number of carbonyl (C=O) groups excluding carboxylic acids is 2. The van der Waals surface area contributed by atoms with Crippen molar-refractivity contribution in [2.75, 3.05) is 13.2 Å². The molecule has 27 heavy (non-hydrogen) atoms. The Bertz CT molecular complexity index is 719. The number of rotatable bonds is 10. The second-order valence-corrected chi connectivity index (χ2v) is 8.21. The highest BCUT2D eigenvalue weighted by molar-refractivity contribution is 6.32. The number of Topliss-reactive ketones (excluding diaryl/α,β-unsaturated/α-hetero) is 2. The lowest BCUT2D eigenvalue weighted by Gasteiger charge is -2.22. The number of benzene rings is 1. The molecule has 0 saturated heterocycles. The number of halogens is 1. The van der Waals surface area contributed by atoms with Crippen LogP contribution in [0.4, 0.5) is 0 Å². The maximum atomic E-state index is 12.9. The van der Waals surface area contributed by atoms with Gasteiger partial charge in [-0.3, -0.25) is 9.59 Å². The SMILES string of the molecule is CC(C)CCCOC1=C(OCCCC(C)C)C(=O)c2cc(Cl)ccc2C1=O. The molecule has 0 saturated carbocycles. The number of ketones is 2. The molecule has 0 N–H and O–H groups in total. The molecule has 4 nitrogen and oxygen atoms in total. The molecular formula is C22H29ClO4. The van der Waals surface area contributed by atoms with Crippen molar-refractivity contribution in [1.29, 1.82) is 0 Å². The molecule has 0 unspecified atom stereocenters. The molecule has 5 heteroatoms. The normalized spacial score (nSPS) is 14.2. The zero-order chi connectivity index (χ0) is 20.0. The van der Waals surface area contributed by atoms with Gasteiger partial charge in [-0.2, -0.15) is 0 Å².